The van der Waals surface area contributed by atoms with Gasteiger partial charge in [-0.15, -0.1) is 5.54 Å². The van der Waals surface area contributed by atoms with E-state index in [2.05, 4.69) is 31.1 Å². The van der Waals surface area contributed by atoms with Gasteiger partial charge in [0.1, 0.15) is 13.8 Å². The second-order valence-electron chi connectivity index (χ2n) is 4.21. The monoisotopic (exact) mass is 218 g/mol. The van der Waals surface area contributed by atoms with Gasteiger partial charge in [0.2, 0.25) is 5.78 Å². The van der Waals surface area contributed by atoms with Crippen LogP contribution in [0.15, 0.2) is 28.9 Å². The number of hydrogen-bond donors (Lipinski definition) is 0. The van der Waals surface area contributed by atoms with E-state index in [0.29, 0.717) is 5.76 Å². The summed E-state index contributed by atoms with van der Waals surface area (Å²) in [5, 5.41) is 0. The predicted molar refractivity (Wildman–Crippen MR) is 63.9 cm³/mol. The van der Waals surface area contributed by atoms with Crippen molar-refractivity contribution < 1.29 is 9.21 Å². The number of ketones is 1. The van der Waals surface area contributed by atoms with E-state index in [0.717, 1.165) is 0 Å². The van der Waals surface area contributed by atoms with Crippen molar-refractivity contribution in [2.45, 2.75) is 19.6 Å². The summed E-state index contributed by atoms with van der Waals surface area (Å²) in [6.45, 7) is 6.30. The molecule has 0 spiro atoms. The first-order valence-corrected chi connectivity index (χ1v) is 8.26. The number of furan rings is 1. The molecular formula is C12H14O2Si. The highest BCUT2D eigenvalue weighted by molar-refractivity contribution is 6.84. The lowest BCUT2D eigenvalue weighted by Crippen LogP contribution is -2.16. The maximum absolute atomic E-state index is 11.3. The van der Waals surface area contributed by atoms with E-state index in [1.54, 1.807) is 24.5 Å². The molecule has 2 nitrogen and oxygen atoms in total. The van der Waals surface area contributed by atoms with E-state index in [4.69, 9.17) is 4.42 Å². The smallest absolute Gasteiger partial charge is 0.228 e. The Morgan fingerprint density at radius 2 is 2.20 bits per heavy atom. The Balaban J connectivity index is 2.60. The average Bonchev–Trinajstić information content (AvgIpc) is 2.62. The Kier molecular flexibility index (Phi) is 3.70. The van der Waals surface area contributed by atoms with Crippen LogP contribution in [0.25, 0.3) is 6.08 Å². The molecule has 0 aromatic carbocycles. The molecular weight excluding hydrogens is 204 g/mol. The molecule has 0 amide bonds. The van der Waals surface area contributed by atoms with Gasteiger partial charge in [-0.25, -0.2) is 0 Å². The summed E-state index contributed by atoms with van der Waals surface area (Å²) in [4.78, 5) is 11.3. The lowest BCUT2D eigenvalue weighted by Gasteiger charge is -2.02. The molecule has 1 rings (SSSR count). The molecule has 15 heavy (non-hydrogen) atoms. The highest BCUT2D eigenvalue weighted by atomic mass is 28.3. The van der Waals surface area contributed by atoms with Gasteiger partial charge in [-0.2, -0.15) is 0 Å². The van der Waals surface area contributed by atoms with Gasteiger partial charge in [0.25, 0.3) is 0 Å². The lowest BCUT2D eigenvalue weighted by molar-refractivity contribution is -0.109. The van der Waals surface area contributed by atoms with Gasteiger partial charge in [-0.3, -0.25) is 4.79 Å². The number of carbonyl (C=O) groups is 1. The molecule has 0 radical (unpaired) electrons. The largest absolute Gasteiger partial charge is 0.465 e. The van der Waals surface area contributed by atoms with Gasteiger partial charge in [-0.1, -0.05) is 19.6 Å². The normalized spacial score (nSPS) is 11.1. The maximum Gasteiger partial charge on any atom is 0.228 e. The highest BCUT2D eigenvalue weighted by Gasteiger charge is 2.07. The molecule has 1 aromatic heterocycles. The minimum absolute atomic E-state index is 0.172. The Bertz CT molecular complexity index is 411. The van der Waals surface area contributed by atoms with Crippen LogP contribution in [0.1, 0.15) is 5.76 Å². The molecule has 0 N–H and O–H groups in total. The second kappa shape index (κ2) is 4.81. The first kappa shape index (κ1) is 11.5. The maximum atomic E-state index is 11.3. The van der Waals surface area contributed by atoms with E-state index in [1.165, 1.54) is 6.08 Å². The molecule has 1 aromatic rings. The molecule has 0 atom stereocenters. The van der Waals surface area contributed by atoms with Crippen LogP contribution in [0.4, 0.5) is 0 Å². The predicted octanol–water partition coefficient (Wildman–Crippen LogP) is 2.74. The summed E-state index contributed by atoms with van der Waals surface area (Å²) >= 11 is 0. The van der Waals surface area contributed by atoms with Crippen molar-refractivity contribution in [3.05, 3.63) is 30.2 Å². The van der Waals surface area contributed by atoms with Crippen molar-refractivity contribution in [2.24, 2.45) is 0 Å². The lowest BCUT2D eigenvalue weighted by atomic mass is 10.3. The summed E-state index contributed by atoms with van der Waals surface area (Å²) in [6, 6.07) is 3.56. The topological polar surface area (TPSA) is 30.2 Å². The minimum atomic E-state index is -1.45. The Morgan fingerprint density at radius 1 is 1.47 bits per heavy atom. The van der Waals surface area contributed by atoms with Crippen LogP contribution in [0.3, 0.4) is 0 Å². The van der Waals surface area contributed by atoms with Crippen LogP contribution in [0, 0.1) is 11.5 Å². The second-order valence-corrected chi connectivity index (χ2v) is 8.96. The third-order valence-corrected chi connectivity index (χ3v) is 2.38. The fourth-order valence-corrected chi connectivity index (χ4v) is 1.33. The van der Waals surface area contributed by atoms with Crippen LogP contribution < -0.4 is 0 Å². The third-order valence-electron chi connectivity index (χ3n) is 1.50. The quantitative estimate of drug-likeness (QED) is 0.434. The first-order valence-electron chi connectivity index (χ1n) is 4.76. The number of rotatable bonds is 2. The Morgan fingerprint density at radius 3 is 2.73 bits per heavy atom. The first-order chi connectivity index (χ1) is 6.97. The Hall–Kier alpha value is -1.53. The van der Waals surface area contributed by atoms with Crippen LogP contribution in [0.5, 0.6) is 0 Å². The van der Waals surface area contributed by atoms with Crippen molar-refractivity contribution in [2.75, 3.05) is 0 Å². The zero-order chi connectivity index (χ0) is 11.3. The van der Waals surface area contributed by atoms with Gasteiger partial charge in [0, 0.05) is 0 Å². The summed E-state index contributed by atoms with van der Waals surface area (Å²) in [6.07, 6.45) is 4.63. The van der Waals surface area contributed by atoms with Gasteiger partial charge < -0.3 is 4.42 Å². The fourth-order valence-electron chi connectivity index (χ4n) is 0.835. The minimum Gasteiger partial charge on any atom is -0.465 e. The summed E-state index contributed by atoms with van der Waals surface area (Å²) in [7, 11) is -1.45. The molecule has 0 fully saturated rings. The van der Waals surface area contributed by atoms with Crippen molar-refractivity contribution >= 4 is 19.9 Å². The van der Waals surface area contributed by atoms with Crippen LogP contribution >= 0.6 is 0 Å². The van der Waals surface area contributed by atoms with Crippen molar-refractivity contribution in [3.8, 4) is 11.5 Å². The van der Waals surface area contributed by atoms with E-state index in [1.807, 2.05) is 0 Å². The van der Waals surface area contributed by atoms with Crippen LogP contribution in [-0.2, 0) is 4.79 Å². The fraction of sp³-hybridized carbons (Fsp3) is 0.250. The van der Waals surface area contributed by atoms with Crippen molar-refractivity contribution in [3.63, 3.8) is 0 Å². The van der Waals surface area contributed by atoms with Gasteiger partial charge >= 0.3 is 0 Å². The average molecular weight is 218 g/mol. The van der Waals surface area contributed by atoms with Gasteiger partial charge in [0.15, 0.2) is 0 Å². The van der Waals surface area contributed by atoms with Crippen LogP contribution in [0.2, 0.25) is 19.6 Å². The molecule has 1 heterocycles. The zero-order valence-electron chi connectivity index (χ0n) is 9.20. The summed E-state index contributed by atoms with van der Waals surface area (Å²) < 4.78 is 5.05. The SMILES string of the molecule is C[Si](C)(C)C#CC(=O)/C=C/c1ccco1. The van der Waals surface area contributed by atoms with Gasteiger partial charge in [-0.05, 0) is 30.2 Å². The molecule has 78 valence electrons. The summed E-state index contributed by atoms with van der Waals surface area (Å²) in [5.74, 6) is 3.12. The highest BCUT2D eigenvalue weighted by Crippen LogP contribution is 2.02. The molecule has 0 bridgehead atoms. The molecule has 0 aliphatic rings. The molecule has 0 aliphatic heterocycles. The molecule has 0 unspecified atom stereocenters. The van der Waals surface area contributed by atoms with Crippen molar-refractivity contribution in [1.29, 1.82) is 0 Å². The summed E-state index contributed by atoms with van der Waals surface area (Å²) in [5.41, 5.74) is 3.01. The van der Waals surface area contributed by atoms with Crippen molar-refractivity contribution in [1.82, 2.24) is 0 Å². The van der Waals surface area contributed by atoms with E-state index >= 15 is 0 Å². The molecule has 0 saturated carbocycles. The number of carbonyl (C=O) groups excluding carboxylic acids is 1. The van der Waals surface area contributed by atoms with E-state index in [9.17, 15) is 4.79 Å². The van der Waals surface area contributed by atoms with Gasteiger partial charge in [0.05, 0.1) is 6.26 Å². The number of hydrogen-bond acceptors (Lipinski definition) is 2. The Labute approximate surface area is 91.0 Å². The molecule has 3 heteroatoms. The number of allylic oxidation sites excluding steroid dienone is 1. The van der Waals surface area contributed by atoms with E-state index in [-0.39, 0.29) is 5.78 Å². The van der Waals surface area contributed by atoms with E-state index < -0.39 is 8.07 Å². The van der Waals surface area contributed by atoms with Crippen LogP contribution in [-0.4, -0.2) is 13.9 Å². The zero-order valence-corrected chi connectivity index (χ0v) is 10.2. The standard InChI is InChI=1S/C12H14O2Si/c1-15(2,3)10-8-11(13)6-7-12-5-4-9-14-12/h4-7,9H,1-3H3/b7-6+. The molecule has 0 aliphatic carbocycles. The third kappa shape index (κ3) is 5.04. The molecule has 0 saturated heterocycles.